The van der Waals surface area contributed by atoms with Crippen LogP contribution in [0.15, 0.2) is 21.7 Å². The van der Waals surface area contributed by atoms with Crippen molar-refractivity contribution in [3.05, 3.63) is 21.7 Å². The van der Waals surface area contributed by atoms with Crippen molar-refractivity contribution >= 4 is 40.6 Å². The van der Waals surface area contributed by atoms with E-state index < -0.39 is 11.6 Å². The van der Waals surface area contributed by atoms with Gasteiger partial charge < -0.3 is 0 Å². The molecule has 0 unspecified atom stereocenters. The Kier molecular flexibility index (Phi) is 5.17. The van der Waals surface area contributed by atoms with E-state index in [-0.39, 0.29) is 40.2 Å². The van der Waals surface area contributed by atoms with Gasteiger partial charge >= 0.3 is 0 Å². The second-order valence-electron chi connectivity index (χ2n) is 5.28. The lowest BCUT2D eigenvalue weighted by Gasteiger charge is -2.20. The lowest BCUT2D eigenvalue weighted by Crippen LogP contribution is -2.20. The lowest BCUT2D eigenvalue weighted by molar-refractivity contribution is -0.123. The molecular weight excluding hydrogens is 299 g/mol. The Bertz CT molecular complexity index is 511. The van der Waals surface area contributed by atoms with E-state index in [0.29, 0.717) is 0 Å². The third kappa shape index (κ3) is 3.39. The number of allylic oxidation sites excluding steroid dienone is 4. The molecule has 2 aliphatic rings. The van der Waals surface area contributed by atoms with Crippen molar-refractivity contribution in [2.24, 2.45) is 5.92 Å². The van der Waals surface area contributed by atoms with Crippen LogP contribution in [0.1, 0.15) is 44.9 Å². The van der Waals surface area contributed by atoms with Crippen LogP contribution in [-0.2, 0) is 14.4 Å². The van der Waals surface area contributed by atoms with Crippen molar-refractivity contribution < 1.29 is 14.4 Å². The van der Waals surface area contributed by atoms with Crippen LogP contribution < -0.4 is 0 Å². The molecular formula is C15H16Cl2O3. The number of hydrogen-bond donors (Lipinski definition) is 0. The van der Waals surface area contributed by atoms with E-state index in [9.17, 15) is 14.4 Å². The fraction of sp³-hybridized carbons (Fsp3) is 0.533. The number of carbonyl (C=O) groups excluding carboxylic acids is 3. The Morgan fingerprint density at radius 3 is 2.45 bits per heavy atom. The fourth-order valence-electron chi connectivity index (χ4n) is 2.74. The molecule has 0 aromatic heterocycles. The first-order valence-electron chi connectivity index (χ1n) is 6.88. The van der Waals surface area contributed by atoms with Gasteiger partial charge in [0.15, 0.2) is 5.78 Å². The molecule has 1 fully saturated rings. The summed E-state index contributed by atoms with van der Waals surface area (Å²) in [5.74, 6) is -0.639. The summed E-state index contributed by atoms with van der Waals surface area (Å²) in [6, 6.07) is 0. The second-order valence-corrected chi connectivity index (χ2v) is 6.06. The van der Waals surface area contributed by atoms with E-state index in [1.807, 2.05) is 0 Å². The zero-order valence-electron chi connectivity index (χ0n) is 11.1. The Labute approximate surface area is 128 Å². The molecule has 0 N–H and O–H groups in total. The van der Waals surface area contributed by atoms with Crippen LogP contribution in [0.2, 0.25) is 0 Å². The van der Waals surface area contributed by atoms with Crippen LogP contribution in [0, 0.1) is 5.92 Å². The van der Waals surface area contributed by atoms with Gasteiger partial charge in [0.2, 0.25) is 5.78 Å². The van der Waals surface area contributed by atoms with Crippen molar-refractivity contribution in [1.29, 1.82) is 0 Å². The monoisotopic (exact) mass is 314 g/mol. The molecule has 0 amide bonds. The molecule has 0 aromatic rings. The second kappa shape index (κ2) is 6.68. The molecule has 0 radical (unpaired) electrons. The SMILES string of the molecule is O=C1C=C(Cl)C(=O)C(CCC(=O)C2CCCCC2)=C1Cl. The quantitative estimate of drug-likeness (QED) is 0.744. The Hall–Kier alpha value is -0.930. The van der Waals surface area contributed by atoms with E-state index in [0.717, 1.165) is 31.8 Å². The van der Waals surface area contributed by atoms with Crippen molar-refractivity contribution in [3.63, 3.8) is 0 Å². The Morgan fingerprint density at radius 1 is 1.15 bits per heavy atom. The largest absolute Gasteiger partial charge is 0.299 e. The van der Waals surface area contributed by atoms with Crippen molar-refractivity contribution in [2.75, 3.05) is 0 Å². The zero-order valence-corrected chi connectivity index (χ0v) is 12.6. The molecule has 0 bridgehead atoms. The van der Waals surface area contributed by atoms with Gasteiger partial charge in [0.25, 0.3) is 0 Å². The van der Waals surface area contributed by atoms with Gasteiger partial charge in [-0.3, -0.25) is 14.4 Å². The number of hydrogen-bond acceptors (Lipinski definition) is 3. The summed E-state index contributed by atoms with van der Waals surface area (Å²) in [6.45, 7) is 0. The molecule has 0 atom stereocenters. The third-order valence-corrected chi connectivity index (χ3v) is 4.61. The van der Waals surface area contributed by atoms with Gasteiger partial charge in [-0.2, -0.15) is 0 Å². The lowest BCUT2D eigenvalue weighted by atomic mass is 9.84. The van der Waals surface area contributed by atoms with Gasteiger partial charge in [-0.15, -0.1) is 0 Å². The summed E-state index contributed by atoms with van der Waals surface area (Å²) >= 11 is 11.6. The summed E-state index contributed by atoms with van der Waals surface area (Å²) in [4.78, 5) is 35.5. The summed E-state index contributed by atoms with van der Waals surface area (Å²) in [5, 5.41) is -0.227. The first-order valence-corrected chi connectivity index (χ1v) is 7.64. The smallest absolute Gasteiger partial charge is 0.202 e. The van der Waals surface area contributed by atoms with E-state index in [1.54, 1.807) is 0 Å². The molecule has 2 aliphatic carbocycles. The summed E-state index contributed by atoms with van der Waals surface area (Å²) < 4.78 is 0. The Balaban J connectivity index is 1.99. The van der Waals surface area contributed by atoms with Crippen LogP contribution in [-0.4, -0.2) is 17.3 Å². The maximum atomic E-state index is 12.1. The van der Waals surface area contributed by atoms with Gasteiger partial charge in [-0.1, -0.05) is 42.5 Å². The highest BCUT2D eigenvalue weighted by Gasteiger charge is 2.28. The Morgan fingerprint density at radius 2 is 1.80 bits per heavy atom. The number of carbonyl (C=O) groups is 3. The number of rotatable bonds is 4. The van der Waals surface area contributed by atoms with Crippen molar-refractivity contribution in [3.8, 4) is 0 Å². The molecule has 5 heteroatoms. The maximum absolute atomic E-state index is 12.1. The topological polar surface area (TPSA) is 51.2 Å². The molecule has 20 heavy (non-hydrogen) atoms. The number of ketones is 3. The number of halogens is 2. The summed E-state index contributed by atoms with van der Waals surface area (Å²) in [5.41, 5.74) is 0.174. The number of Topliss-reactive ketones (excluding diaryl/α,β-unsaturated/α-hetero) is 2. The van der Waals surface area contributed by atoms with Crippen LogP contribution in [0.4, 0.5) is 0 Å². The van der Waals surface area contributed by atoms with Crippen LogP contribution >= 0.6 is 23.2 Å². The molecule has 2 rings (SSSR count). The molecule has 0 heterocycles. The average Bonchev–Trinajstić information content (AvgIpc) is 2.46. The minimum atomic E-state index is -0.462. The van der Waals surface area contributed by atoms with Gasteiger partial charge in [0, 0.05) is 24.0 Å². The molecule has 0 saturated heterocycles. The van der Waals surface area contributed by atoms with Crippen LogP contribution in [0.5, 0.6) is 0 Å². The highest BCUT2D eigenvalue weighted by molar-refractivity contribution is 6.55. The van der Waals surface area contributed by atoms with Gasteiger partial charge in [-0.05, 0) is 19.3 Å². The maximum Gasteiger partial charge on any atom is 0.202 e. The van der Waals surface area contributed by atoms with Crippen molar-refractivity contribution in [1.82, 2.24) is 0 Å². The summed E-state index contributed by atoms with van der Waals surface area (Å²) in [6.07, 6.45) is 6.70. The first-order chi connectivity index (χ1) is 9.50. The average molecular weight is 315 g/mol. The minimum absolute atomic E-state index is 0.100. The summed E-state index contributed by atoms with van der Waals surface area (Å²) in [7, 11) is 0. The molecule has 0 aromatic carbocycles. The predicted molar refractivity (Wildman–Crippen MR) is 77.6 cm³/mol. The highest BCUT2D eigenvalue weighted by atomic mass is 35.5. The highest BCUT2D eigenvalue weighted by Crippen LogP contribution is 2.30. The fourth-order valence-corrected chi connectivity index (χ4v) is 3.18. The van der Waals surface area contributed by atoms with E-state index in [1.165, 1.54) is 6.42 Å². The molecule has 0 aliphatic heterocycles. The predicted octanol–water partition coefficient (Wildman–Crippen LogP) is 3.68. The first kappa shape index (κ1) is 15.5. The molecule has 0 spiro atoms. The van der Waals surface area contributed by atoms with E-state index in [2.05, 4.69) is 0 Å². The molecule has 108 valence electrons. The van der Waals surface area contributed by atoms with E-state index in [4.69, 9.17) is 23.2 Å². The zero-order chi connectivity index (χ0) is 14.7. The van der Waals surface area contributed by atoms with Gasteiger partial charge in [0.1, 0.15) is 5.78 Å². The van der Waals surface area contributed by atoms with Crippen molar-refractivity contribution in [2.45, 2.75) is 44.9 Å². The van der Waals surface area contributed by atoms with E-state index >= 15 is 0 Å². The van der Waals surface area contributed by atoms with Gasteiger partial charge in [-0.25, -0.2) is 0 Å². The van der Waals surface area contributed by atoms with Gasteiger partial charge in [0.05, 0.1) is 10.1 Å². The standard InChI is InChI=1S/C15H16Cl2O3/c16-11-8-13(19)14(17)10(15(11)20)6-7-12(18)9-4-2-1-3-5-9/h8-9H,1-7H2. The molecule has 1 saturated carbocycles. The van der Waals surface area contributed by atoms with Crippen LogP contribution in [0.3, 0.4) is 0 Å². The normalized spacial score (nSPS) is 21.2. The molecule has 3 nitrogen and oxygen atoms in total. The third-order valence-electron chi connectivity index (χ3n) is 3.91. The minimum Gasteiger partial charge on any atom is -0.299 e. The van der Waals surface area contributed by atoms with Crippen LogP contribution in [0.25, 0.3) is 0 Å².